The highest BCUT2D eigenvalue weighted by Crippen LogP contribution is 2.51. The third kappa shape index (κ3) is 1.10. The Balaban J connectivity index is 1.78. The molecule has 1 saturated heterocycles. The monoisotopic (exact) mass is 194 g/mol. The van der Waals surface area contributed by atoms with Gasteiger partial charge in [-0.1, -0.05) is 13.3 Å². The fraction of sp³-hybridized carbons (Fsp3) is 1.00. The highest BCUT2D eigenvalue weighted by Gasteiger charge is 2.53. The number of hydrogen-bond acceptors (Lipinski definition) is 2. The Hall–Kier alpha value is -0.0800. The molecule has 2 heteroatoms. The molecule has 3 rings (SSSR count). The molecule has 0 amide bonds. The van der Waals surface area contributed by atoms with Crippen LogP contribution < -0.4 is 5.73 Å². The summed E-state index contributed by atoms with van der Waals surface area (Å²) in [6, 6.07) is 0. The van der Waals surface area contributed by atoms with Gasteiger partial charge in [-0.3, -0.25) is 4.90 Å². The molecule has 0 bridgehead atoms. The number of likely N-dealkylation sites (tertiary alicyclic amines) is 1. The van der Waals surface area contributed by atoms with Gasteiger partial charge in [0.1, 0.15) is 0 Å². The van der Waals surface area contributed by atoms with Crippen molar-refractivity contribution in [1.29, 1.82) is 0 Å². The largest absolute Gasteiger partial charge is 0.329 e. The van der Waals surface area contributed by atoms with Gasteiger partial charge in [0.05, 0.1) is 0 Å². The summed E-state index contributed by atoms with van der Waals surface area (Å²) in [6.45, 7) is 6.00. The standard InChI is InChI=1S/C12H22N2/c1-9-3-2-4-12(9,8-13)14-6-10-5-11(10)7-14/h9-11H,2-8,13H2,1H3. The average molecular weight is 194 g/mol. The molecule has 2 nitrogen and oxygen atoms in total. The van der Waals surface area contributed by atoms with Crippen LogP contribution in [0.2, 0.25) is 0 Å². The zero-order chi connectivity index (χ0) is 9.76. The van der Waals surface area contributed by atoms with E-state index in [1.807, 2.05) is 0 Å². The summed E-state index contributed by atoms with van der Waals surface area (Å²) >= 11 is 0. The minimum absolute atomic E-state index is 0.396. The van der Waals surface area contributed by atoms with E-state index in [4.69, 9.17) is 5.73 Å². The van der Waals surface area contributed by atoms with Crippen molar-refractivity contribution in [2.45, 2.75) is 38.1 Å². The molecule has 1 heterocycles. The van der Waals surface area contributed by atoms with E-state index >= 15 is 0 Å². The molecule has 80 valence electrons. The summed E-state index contributed by atoms with van der Waals surface area (Å²) in [4.78, 5) is 2.74. The maximum absolute atomic E-state index is 6.06. The Kier molecular flexibility index (Phi) is 1.94. The number of nitrogens with zero attached hydrogens (tertiary/aromatic N) is 1. The highest BCUT2D eigenvalue weighted by molar-refractivity contribution is 5.07. The number of rotatable bonds is 2. The van der Waals surface area contributed by atoms with Crippen molar-refractivity contribution in [3.05, 3.63) is 0 Å². The molecule has 14 heavy (non-hydrogen) atoms. The molecule has 3 fully saturated rings. The molecule has 4 atom stereocenters. The molecule has 4 unspecified atom stereocenters. The van der Waals surface area contributed by atoms with E-state index < -0.39 is 0 Å². The van der Waals surface area contributed by atoms with Gasteiger partial charge < -0.3 is 5.73 Å². The van der Waals surface area contributed by atoms with Crippen LogP contribution in [-0.2, 0) is 0 Å². The maximum Gasteiger partial charge on any atom is 0.0357 e. The lowest BCUT2D eigenvalue weighted by atomic mass is 9.86. The van der Waals surface area contributed by atoms with Crippen molar-refractivity contribution < 1.29 is 0 Å². The van der Waals surface area contributed by atoms with E-state index in [0.29, 0.717) is 5.54 Å². The quantitative estimate of drug-likeness (QED) is 0.721. The SMILES string of the molecule is CC1CCCC1(CN)N1CC2CC2C1. The van der Waals surface area contributed by atoms with Crippen molar-refractivity contribution >= 4 is 0 Å². The van der Waals surface area contributed by atoms with Crippen LogP contribution in [-0.4, -0.2) is 30.1 Å². The predicted octanol–water partition coefficient (Wildman–Crippen LogP) is 1.46. The molecule has 2 saturated carbocycles. The highest BCUT2D eigenvalue weighted by atomic mass is 15.3. The maximum atomic E-state index is 6.06. The lowest BCUT2D eigenvalue weighted by Gasteiger charge is -2.42. The molecule has 2 aliphatic carbocycles. The van der Waals surface area contributed by atoms with Gasteiger partial charge in [-0.25, -0.2) is 0 Å². The van der Waals surface area contributed by atoms with Gasteiger partial charge in [-0.15, -0.1) is 0 Å². The second-order valence-corrected chi connectivity index (χ2v) is 5.76. The van der Waals surface area contributed by atoms with E-state index in [9.17, 15) is 0 Å². The normalized spacial score (nSPS) is 52.3. The molecule has 0 spiro atoms. The minimum Gasteiger partial charge on any atom is -0.329 e. The van der Waals surface area contributed by atoms with E-state index in [1.54, 1.807) is 0 Å². The average Bonchev–Trinajstić information content (AvgIpc) is 2.64. The smallest absolute Gasteiger partial charge is 0.0357 e. The van der Waals surface area contributed by atoms with Crippen LogP contribution in [0.1, 0.15) is 32.6 Å². The molecular weight excluding hydrogens is 172 g/mol. The summed E-state index contributed by atoms with van der Waals surface area (Å²) in [6.07, 6.45) is 5.64. The zero-order valence-electron chi connectivity index (χ0n) is 9.21. The molecule has 0 aromatic heterocycles. The van der Waals surface area contributed by atoms with Gasteiger partial charge in [0.15, 0.2) is 0 Å². The van der Waals surface area contributed by atoms with E-state index in [1.165, 1.54) is 38.8 Å². The van der Waals surface area contributed by atoms with E-state index in [-0.39, 0.29) is 0 Å². The number of piperidine rings is 1. The van der Waals surface area contributed by atoms with E-state index in [2.05, 4.69) is 11.8 Å². The van der Waals surface area contributed by atoms with Crippen molar-refractivity contribution in [2.24, 2.45) is 23.5 Å². The molecular formula is C12H22N2. The Labute approximate surface area is 86.8 Å². The van der Waals surface area contributed by atoms with E-state index in [0.717, 1.165) is 24.3 Å². The van der Waals surface area contributed by atoms with Gasteiger partial charge in [-0.2, -0.15) is 0 Å². The number of fused-ring (bicyclic) bond motifs is 1. The van der Waals surface area contributed by atoms with Crippen LogP contribution in [0.25, 0.3) is 0 Å². The van der Waals surface area contributed by atoms with Crippen molar-refractivity contribution in [3.63, 3.8) is 0 Å². The van der Waals surface area contributed by atoms with Crippen molar-refractivity contribution in [2.75, 3.05) is 19.6 Å². The second kappa shape index (κ2) is 2.96. The van der Waals surface area contributed by atoms with Crippen molar-refractivity contribution in [3.8, 4) is 0 Å². The first-order chi connectivity index (χ1) is 6.76. The third-order valence-electron chi connectivity index (χ3n) is 5.13. The van der Waals surface area contributed by atoms with Crippen LogP contribution in [0.3, 0.4) is 0 Å². The van der Waals surface area contributed by atoms with Gasteiger partial charge in [-0.05, 0) is 37.0 Å². The van der Waals surface area contributed by atoms with Gasteiger partial charge in [0.2, 0.25) is 0 Å². The second-order valence-electron chi connectivity index (χ2n) is 5.76. The first-order valence-corrected chi connectivity index (χ1v) is 6.21. The van der Waals surface area contributed by atoms with Crippen LogP contribution in [0, 0.1) is 17.8 Å². The summed E-state index contributed by atoms with van der Waals surface area (Å²) in [5.41, 5.74) is 6.45. The molecule has 0 aromatic carbocycles. The molecule has 2 N–H and O–H groups in total. The zero-order valence-corrected chi connectivity index (χ0v) is 9.21. The fourth-order valence-electron chi connectivity index (χ4n) is 3.89. The van der Waals surface area contributed by atoms with Crippen LogP contribution >= 0.6 is 0 Å². The lowest BCUT2D eigenvalue weighted by molar-refractivity contribution is 0.0769. The molecule has 1 aliphatic heterocycles. The Morgan fingerprint density at radius 2 is 2.07 bits per heavy atom. The Morgan fingerprint density at radius 1 is 1.36 bits per heavy atom. The van der Waals surface area contributed by atoms with Gasteiger partial charge >= 0.3 is 0 Å². The van der Waals surface area contributed by atoms with Gasteiger partial charge in [0, 0.05) is 25.2 Å². The Morgan fingerprint density at radius 3 is 2.57 bits per heavy atom. The van der Waals surface area contributed by atoms with Crippen molar-refractivity contribution in [1.82, 2.24) is 4.90 Å². The predicted molar refractivity (Wildman–Crippen MR) is 58.0 cm³/mol. The first kappa shape index (κ1) is 9.17. The third-order valence-corrected chi connectivity index (χ3v) is 5.13. The summed E-state index contributed by atoms with van der Waals surface area (Å²) in [5.74, 6) is 2.92. The van der Waals surface area contributed by atoms with Gasteiger partial charge in [0.25, 0.3) is 0 Å². The molecule has 0 radical (unpaired) electrons. The summed E-state index contributed by atoms with van der Waals surface area (Å²) in [5, 5.41) is 0. The summed E-state index contributed by atoms with van der Waals surface area (Å²) < 4.78 is 0. The molecule has 0 aromatic rings. The lowest BCUT2D eigenvalue weighted by Crippen LogP contribution is -2.55. The van der Waals surface area contributed by atoms with Crippen LogP contribution in [0.15, 0.2) is 0 Å². The fourth-order valence-corrected chi connectivity index (χ4v) is 3.89. The Bertz CT molecular complexity index is 230. The van der Waals surface area contributed by atoms with Crippen LogP contribution in [0.5, 0.6) is 0 Å². The number of hydrogen-bond donors (Lipinski definition) is 1. The summed E-state index contributed by atoms with van der Waals surface area (Å²) in [7, 11) is 0. The van der Waals surface area contributed by atoms with Crippen LogP contribution in [0.4, 0.5) is 0 Å². The molecule has 3 aliphatic rings. The number of nitrogens with two attached hydrogens (primary N) is 1. The first-order valence-electron chi connectivity index (χ1n) is 6.21. The minimum atomic E-state index is 0.396. The topological polar surface area (TPSA) is 29.3 Å².